The Labute approximate surface area is 333 Å². The third kappa shape index (κ3) is 9.75. The summed E-state index contributed by atoms with van der Waals surface area (Å²) in [5, 5.41) is 2.28. The molecule has 7 rings (SSSR count). The van der Waals surface area contributed by atoms with Gasteiger partial charge in [-0.25, -0.2) is 4.79 Å². The summed E-state index contributed by atoms with van der Waals surface area (Å²) in [7, 11) is 1.51. The molecule has 0 saturated carbocycles. The van der Waals surface area contributed by atoms with E-state index >= 15 is 0 Å². The topological polar surface area (TPSA) is 48.7 Å². The number of aryl methyl sites for hydroxylation is 6. The summed E-state index contributed by atoms with van der Waals surface area (Å²) in [4.78, 5) is 11.3. The van der Waals surface area contributed by atoms with Gasteiger partial charge in [0.25, 0.3) is 0 Å². The first-order valence-electron chi connectivity index (χ1n) is 15.5. The van der Waals surface area contributed by atoms with Gasteiger partial charge in [0.2, 0.25) is 6.29 Å². The molecular weight excluding hydrogens is 820 g/mol. The average molecular weight is 860 g/mol. The molecule has 0 spiro atoms. The fourth-order valence-electron chi connectivity index (χ4n) is 5.98. The predicted molar refractivity (Wildman–Crippen MR) is 215 cm³/mol. The number of ether oxygens (including phenoxy) is 2. The van der Waals surface area contributed by atoms with E-state index in [1.807, 2.05) is 12.1 Å². The van der Waals surface area contributed by atoms with Crippen LogP contribution in [-0.4, -0.2) is 36.1 Å². The number of carbonyl (C=O) groups is 1. The molecule has 1 aromatic heterocycles. The Morgan fingerprint density at radius 1 is 0.571 bits per heavy atom. The zero-order valence-electron chi connectivity index (χ0n) is 30.7. The summed E-state index contributed by atoms with van der Waals surface area (Å²) in [6.45, 7) is 12.7. The second-order valence-electron chi connectivity index (χ2n) is 12.2. The predicted octanol–water partition coefficient (Wildman–Crippen LogP) is 12.9. The fraction of sp³-hybridized carbons (Fsp3) is 0.195. The molecule has 1 aliphatic rings. The number of rotatable bonds is 3. The average Bonchev–Trinajstić information content (AvgIpc) is 3.53. The van der Waals surface area contributed by atoms with Crippen molar-refractivity contribution in [2.45, 2.75) is 47.8 Å². The van der Waals surface area contributed by atoms with E-state index in [2.05, 4.69) is 162 Å². The number of esters is 1. The van der Waals surface area contributed by atoms with Gasteiger partial charge in [0, 0.05) is 48.0 Å². The molecule has 4 nitrogen and oxygen atoms in total. The van der Waals surface area contributed by atoms with Crippen LogP contribution in [0.15, 0.2) is 109 Å². The van der Waals surface area contributed by atoms with Crippen molar-refractivity contribution in [3.8, 4) is 22.6 Å². The van der Waals surface area contributed by atoms with E-state index in [0.29, 0.717) is 5.56 Å². The Bertz CT molecular complexity index is 2060. The van der Waals surface area contributed by atoms with Crippen molar-refractivity contribution >= 4 is 87.6 Å². The molecule has 0 bridgehead atoms. The van der Waals surface area contributed by atoms with Gasteiger partial charge in [-0.3, -0.25) is 0 Å². The minimum absolute atomic E-state index is 0. The number of carbonyl (C=O) groups excluding carboxylic acids is 1. The molecule has 0 radical (unpaired) electrons. The van der Waals surface area contributed by atoms with Crippen molar-refractivity contribution in [3.05, 3.63) is 149 Å². The third-order valence-electron chi connectivity index (χ3n) is 7.75. The van der Waals surface area contributed by atoms with Gasteiger partial charge in [-0.05, 0) is 119 Å². The molecule has 0 amide bonds. The van der Waals surface area contributed by atoms with Gasteiger partial charge >= 0.3 is 29.0 Å². The molecule has 6 aromatic rings. The largest absolute Gasteiger partial charge is 2.00 e. The van der Waals surface area contributed by atoms with Gasteiger partial charge in [-0.15, -0.1) is 0 Å². The van der Waals surface area contributed by atoms with Crippen LogP contribution in [0.25, 0.3) is 33.4 Å². The number of halogens is 3. The van der Waals surface area contributed by atoms with Crippen LogP contribution < -0.4 is 0 Å². The van der Waals surface area contributed by atoms with E-state index in [1.165, 1.54) is 45.0 Å². The quantitative estimate of drug-likeness (QED) is 0.131. The van der Waals surface area contributed by atoms with E-state index < -0.39 is 6.29 Å². The molecule has 1 aliphatic heterocycles. The smallest absolute Gasteiger partial charge is 1.00 e. The zero-order valence-corrected chi connectivity index (χ0v) is 34.9. The van der Waals surface area contributed by atoms with Crippen LogP contribution in [0.3, 0.4) is 0 Å². The molecule has 0 N–H and O–H groups in total. The van der Waals surface area contributed by atoms with Crippen molar-refractivity contribution in [1.82, 2.24) is 0 Å². The third-order valence-corrected chi connectivity index (χ3v) is 9.19. The van der Waals surface area contributed by atoms with Gasteiger partial charge in [-0.2, -0.15) is 0 Å². The van der Waals surface area contributed by atoms with Gasteiger partial charge in [0.1, 0.15) is 11.5 Å². The van der Waals surface area contributed by atoms with Crippen molar-refractivity contribution < 1.29 is 21.5 Å². The van der Waals surface area contributed by atoms with Gasteiger partial charge < -0.3 is 16.7 Å². The standard InChI is InChI=1S/C24H21BrO.C9H7BrO3.C8H9Br.Mg.2H/c1-14-7-15(2)10-18(9-14)23-21-6-5-20(25)13-22(21)24(26-23)19-11-16(3)8-17(4)12-19;1-12-9-6-3-2-5(10)4-7(6)8(11)13-9;1-6-3-7(2)5-8(9)4-6;;;/h5-13H,1-4H3;2-4,9H,1H3;3-5H,1-2H3;;;/q;;;+2;2*-1. The van der Waals surface area contributed by atoms with E-state index in [9.17, 15) is 4.79 Å². The molecule has 49 heavy (non-hydrogen) atoms. The molecule has 8 heteroatoms. The van der Waals surface area contributed by atoms with Gasteiger partial charge in [0.05, 0.1) is 5.56 Å². The van der Waals surface area contributed by atoms with Crippen molar-refractivity contribution in [3.63, 3.8) is 0 Å². The van der Waals surface area contributed by atoms with E-state index in [-0.39, 0.29) is 31.9 Å². The van der Waals surface area contributed by atoms with Gasteiger partial charge in [-0.1, -0.05) is 94.3 Å². The summed E-state index contributed by atoms with van der Waals surface area (Å²) >= 11 is 10.3. The Hall–Kier alpha value is -2.72. The summed E-state index contributed by atoms with van der Waals surface area (Å²) in [5.74, 6) is 1.54. The van der Waals surface area contributed by atoms with Crippen LogP contribution in [0.1, 0.15) is 58.4 Å². The van der Waals surface area contributed by atoms with Crippen LogP contribution in [0.4, 0.5) is 0 Å². The molecule has 1 unspecified atom stereocenters. The number of hydrogen-bond acceptors (Lipinski definition) is 4. The summed E-state index contributed by atoms with van der Waals surface area (Å²) in [6.07, 6.45) is -0.546. The number of benzene rings is 5. The molecule has 250 valence electrons. The number of furan rings is 1. The van der Waals surface area contributed by atoms with E-state index in [1.54, 1.807) is 6.07 Å². The van der Waals surface area contributed by atoms with Crippen LogP contribution in [0.2, 0.25) is 0 Å². The number of cyclic esters (lactones) is 1. The van der Waals surface area contributed by atoms with E-state index in [0.717, 1.165) is 47.9 Å². The minimum Gasteiger partial charge on any atom is -1.00 e. The first-order chi connectivity index (χ1) is 22.8. The number of methoxy groups -OCH3 is 1. The second kappa shape index (κ2) is 17.0. The number of hydrogen-bond donors (Lipinski definition) is 0. The molecule has 0 aliphatic carbocycles. The van der Waals surface area contributed by atoms with Crippen LogP contribution in [-0.2, 0) is 9.47 Å². The maximum absolute atomic E-state index is 11.3. The Balaban J connectivity index is 0.000000302. The fourth-order valence-corrected chi connectivity index (χ4v) is 7.43. The monoisotopic (exact) mass is 856 g/mol. The Morgan fingerprint density at radius 2 is 1.02 bits per heavy atom. The van der Waals surface area contributed by atoms with Crippen molar-refractivity contribution in [2.75, 3.05) is 7.11 Å². The molecule has 2 heterocycles. The first kappa shape index (κ1) is 39.1. The SMILES string of the molecule is COC1OC(=O)c2cc(Br)ccc21.Cc1cc(C)cc(-c2oc(-c3cc(C)cc(C)c3)c3cc(Br)ccc23)c1.Cc1cc(C)cc(Br)c1.[H-].[H-].[Mg+2]. The first-order valence-corrected chi connectivity index (χ1v) is 17.9. The molecular formula is C41H39Br3MgO4. The zero-order chi connectivity index (χ0) is 34.7. The molecule has 5 aromatic carbocycles. The van der Waals surface area contributed by atoms with Crippen molar-refractivity contribution in [1.29, 1.82) is 0 Å². The van der Waals surface area contributed by atoms with Crippen molar-refractivity contribution in [2.24, 2.45) is 0 Å². The van der Waals surface area contributed by atoms with Crippen LogP contribution in [0, 0.1) is 41.5 Å². The normalized spacial score (nSPS) is 13.0. The molecule has 0 fully saturated rings. The number of fused-ring (bicyclic) bond motifs is 2. The maximum atomic E-state index is 11.3. The second-order valence-corrected chi connectivity index (χ2v) is 15.0. The summed E-state index contributed by atoms with van der Waals surface area (Å²) in [5.41, 5.74) is 11.2. The van der Waals surface area contributed by atoms with Crippen LogP contribution in [0.5, 0.6) is 0 Å². The molecule has 0 saturated heterocycles. The summed E-state index contributed by atoms with van der Waals surface area (Å²) in [6, 6.07) is 31.3. The van der Waals surface area contributed by atoms with E-state index in [4.69, 9.17) is 13.9 Å². The van der Waals surface area contributed by atoms with Gasteiger partial charge in [0.15, 0.2) is 0 Å². The summed E-state index contributed by atoms with van der Waals surface area (Å²) < 4.78 is 19.5. The van der Waals surface area contributed by atoms with Crippen LogP contribution >= 0.6 is 47.8 Å². The maximum Gasteiger partial charge on any atom is 2.00 e. The minimum atomic E-state index is -0.546. The Kier molecular flexibility index (Phi) is 13.5. The Morgan fingerprint density at radius 3 is 1.51 bits per heavy atom. The molecule has 1 atom stereocenters.